The molecule has 0 aliphatic rings. The highest BCUT2D eigenvalue weighted by molar-refractivity contribution is 7.97. The summed E-state index contributed by atoms with van der Waals surface area (Å²) in [5.41, 5.74) is 2.19. The van der Waals surface area contributed by atoms with Gasteiger partial charge in [-0.2, -0.15) is 0 Å². The van der Waals surface area contributed by atoms with Crippen molar-refractivity contribution in [2.24, 2.45) is 5.14 Å². The van der Waals surface area contributed by atoms with Crippen molar-refractivity contribution < 1.29 is 24.1 Å². The molecule has 0 fully saturated rings. The molecule has 192 valence electrons. The van der Waals surface area contributed by atoms with Crippen LogP contribution in [0, 0.1) is 13.8 Å². The van der Waals surface area contributed by atoms with E-state index in [9.17, 15) is 9.90 Å². The zero-order chi connectivity index (χ0) is 24.9. The highest BCUT2D eigenvalue weighted by Gasteiger charge is 2.06. The van der Waals surface area contributed by atoms with Gasteiger partial charge in [0.1, 0.15) is 5.75 Å². The summed E-state index contributed by atoms with van der Waals surface area (Å²) in [6.07, 6.45) is 4.07. The standard InChI is InChI=1S/C23H40N2O5S.C2H6/c1-4-7-20(26)9-13-29-15-14-28-11-6-10-25-22(27)8-5-12-30-21-16-18(2)23(31-24)19(3)17-21;1-2/h16-17,20,26H,4-15,24H2,1-3H3,(H,25,27);1-2H3. The van der Waals surface area contributed by atoms with Gasteiger partial charge in [-0.25, -0.2) is 0 Å². The predicted molar refractivity (Wildman–Crippen MR) is 137 cm³/mol. The fourth-order valence-electron chi connectivity index (χ4n) is 3.11. The number of hydrogen-bond acceptors (Lipinski definition) is 7. The maximum atomic E-state index is 11.9. The first-order chi connectivity index (χ1) is 16.0. The third kappa shape index (κ3) is 16.0. The molecule has 0 saturated carbocycles. The van der Waals surface area contributed by atoms with Gasteiger partial charge in [0.25, 0.3) is 0 Å². The normalized spacial score (nSPS) is 11.5. The van der Waals surface area contributed by atoms with E-state index in [4.69, 9.17) is 19.3 Å². The second kappa shape index (κ2) is 21.2. The van der Waals surface area contributed by atoms with Crippen LogP contribution in [0.1, 0.15) is 70.4 Å². The zero-order valence-corrected chi connectivity index (χ0v) is 22.1. The molecule has 0 aliphatic heterocycles. The van der Waals surface area contributed by atoms with Gasteiger partial charge in [0.05, 0.1) is 25.9 Å². The minimum Gasteiger partial charge on any atom is -0.494 e. The summed E-state index contributed by atoms with van der Waals surface area (Å²) in [5.74, 6) is 0.839. The summed E-state index contributed by atoms with van der Waals surface area (Å²) in [6, 6.07) is 3.95. The third-order valence-electron chi connectivity index (χ3n) is 4.75. The second-order valence-corrected chi connectivity index (χ2v) is 8.26. The Morgan fingerprint density at radius 1 is 1.03 bits per heavy atom. The number of aliphatic hydroxyl groups excluding tert-OH is 1. The molecular weight excluding hydrogens is 440 g/mol. The van der Waals surface area contributed by atoms with Crippen molar-refractivity contribution in [1.82, 2.24) is 5.32 Å². The lowest BCUT2D eigenvalue weighted by atomic mass is 10.1. The van der Waals surface area contributed by atoms with Gasteiger partial charge in [-0.05, 0) is 74.7 Å². The van der Waals surface area contributed by atoms with E-state index < -0.39 is 0 Å². The molecule has 0 heterocycles. The number of carbonyl (C=O) groups is 1. The Morgan fingerprint density at radius 2 is 1.67 bits per heavy atom. The molecule has 0 aromatic heterocycles. The van der Waals surface area contributed by atoms with Crippen molar-refractivity contribution in [3.05, 3.63) is 23.3 Å². The summed E-state index contributed by atoms with van der Waals surface area (Å²) in [7, 11) is 0. The van der Waals surface area contributed by atoms with Crippen LogP contribution in [0.2, 0.25) is 0 Å². The molecule has 1 rings (SSSR count). The lowest BCUT2D eigenvalue weighted by Crippen LogP contribution is -2.25. The largest absolute Gasteiger partial charge is 0.494 e. The first-order valence-electron chi connectivity index (χ1n) is 12.2. The van der Waals surface area contributed by atoms with Crippen LogP contribution in [0.4, 0.5) is 0 Å². The molecule has 0 saturated heterocycles. The summed E-state index contributed by atoms with van der Waals surface area (Å²) < 4.78 is 16.7. The number of ether oxygens (including phenoxy) is 3. The lowest BCUT2D eigenvalue weighted by molar-refractivity contribution is -0.121. The van der Waals surface area contributed by atoms with Crippen molar-refractivity contribution in [1.29, 1.82) is 0 Å². The number of nitrogens with one attached hydrogen (secondary N) is 1. The molecule has 0 aliphatic carbocycles. The van der Waals surface area contributed by atoms with E-state index in [1.165, 1.54) is 11.9 Å². The van der Waals surface area contributed by atoms with Gasteiger partial charge in [0, 0.05) is 31.1 Å². The SMILES string of the molecule is CC.CCCC(O)CCOCCOCCCNC(=O)CCCOc1cc(C)c(SN)c(C)c1. The van der Waals surface area contributed by atoms with Crippen LogP contribution >= 0.6 is 11.9 Å². The molecule has 0 spiro atoms. The van der Waals surface area contributed by atoms with E-state index in [0.717, 1.165) is 41.0 Å². The Kier molecular flexibility index (Phi) is 20.4. The quantitative estimate of drug-likeness (QED) is 0.207. The average Bonchev–Trinajstić information content (AvgIpc) is 2.79. The van der Waals surface area contributed by atoms with E-state index >= 15 is 0 Å². The highest BCUT2D eigenvalue weighted by Crippen LogP contribution is 2.27. The van der Waals surface area contributed by atoms with Crippen LogP contribution in [0.15, 0.2) is 17.0 Å². The average molecular weight is 487 g/mol. The van der Waals surface area contributed by atoms with Crippen LogP contribution in [0.3, 0.4) is 0 Å². The number of hydrogen-bond donors (Lipinski definition) is 3. The first kappa shape index (κ1) is 31.7. The van der Waals surface area contributed by atoms with Gasteiger partial charge >= 0.3 is 0 Å². The third-order valence-corrected chi connectivity index (χ3v) is 5.63. The molecule has 0 bridgehead atoms. The summed E-state index contributed by atoms with van der Waals surface area (Å²) >= 11 is 1.25. The number of benzene rings is 1. The molecule has 8 heteroatoms. The summed E-state index contributed by atoms with van der Waals surface area (Å²) in [5, 5.41) is 18.2. The lowest BCUT2D eigenvalue weighted by Gasteiger charge is -2.12. The van der Waals surface area contributed by atoms with Crippen LogP contribution in [0.25, 0.3) is 0 Å². The number of rotatable bonds is 18. The molecule has 1 atom stereocenters. The maximum Gasteiger partial charge on any atom is 0.220 e. The molecule has 1 aromatic rings. The first-order valence-corrected chi connectivity index (χ1v) is 13.1. The van der Waals surface area contributed by atoms with E-state index in [-0.39, 0.29) is 12.0 Å². The molecule has 7 nitrogen and oxygen atoms in total. The summed E-state index contributed by atoms with van der Waals surface area (Å²) in [4.78, 5) is 13.0. The molecule has 1 unspecified atom stereocenters. The Hall–Kier alpha value is -1.32. The Labute approximate surface area is 205 Å². The molecule has 1 aromatic carbocycles. The fourth-order valence-corrected chi connectivity index (χ4v) is 3.60. The monoisotopic (exact) mass is 486 g/mol. The van der Waals surface area contributed by atoms with Crippen LogP contribution in [-0.4, -0.2) is 56.7 Å². The van der Waals surface area contributed by atoms with Gasteiger partial charge < -0.3 is 24.6 Å². The Balaban J connectivity index is 0.00000497. The van der Waals surface area contributed by atoms with Crippen LogP contribution in [-0.2, 0) is 14.3 Å². The van der Waals surface area contributed by atoms with E-state index in [1.54, 1.807) is 0 Å². The van der Waals surface area contributed by atoms with E-state index in [0.29, 0.717) is 58.8 Å². The molecular formula is C25H46N2O5S. The van der Waals surface area contributed by atoms with E-state index in [2.05, 4.69) is 12.2 Å². The van der Waals surface area contributed by atoms with Gasteiger partial charge in [0.15, 0.2) is 0 Å². The van der Waals surface area contributed by atoms with Crippen molar-refractivity contribution in [3.63, 3.8) is 0 Å². The molecule has 0 radical (unpaired) electrons. The number of nitrogens with two attached hydrogens (primary N) is 1. The van der Waals surface area contributed by atoms with Gasteiger partial charge in [-0.15, -0.1) is 0 Å². The Bertz CT molecular complexity index is 608. The van der Waals surface area contributed by atoms with Crippen molar-refractivity contribution in [3.8, 4) is 5.75 Å². The second-order valence-electron chi connectivity index (χ2n) is 7.62. The van der Waals surface area contributed by atoms with Crippen molar-refractivity contribution in [2.45, 2.75) is 84.1 Å². The minimum atomic E-state index is -0.267. The number of aliphatic hydroxyl groups is 1. The Morgan fingerprint density at radius 3 is 2.27 bits per heavy atom. The van der Waals surface area contributed by atoms with Gasteiger partial charge in [0.2, 0.25) is 5.91 Å². The number of aryl methyl sites for hydroxylation is 2. The maximum absolute atomic E-state index is 11.9. The fraction of sp³-hybridized carbons (Fsp3) is 0.720. The van der Waals surface area contributed by atoms with Crippen molar-refractivity contribution in [2.75, 3.05) is 39.6 Å². The van der Waals surface area contributed by atoms with E-state index in [1.807, 2.05) is 39.8 Å². The van der Waals surface area contributed by atoms with Crippen molar-refractivity contribution >= 4 is 17.9 Å². The molecule has 1 amide bonds. The van der Waals surface area contributed by atoms with Gasteiger partial charge in [-0.3, -0.25) is 9.93 Å². The number of amides is 1. The minimum absolute atomic E-state index is 0.0276. The topological polar surface area (TPSA) is 103 Å². The smallest absolute Gasteiger partial charge is 0.220 e. The highest BCUT2D eigenvalue weighted by atomic mass is 32.2. The summed E-state index contributed by atoms with van der Waals surface area (Å²) in [6.45, 7) is 13.4. The predicted octanol–water partition coefficient (Wildman–Crippen LogP) is 4.55. The molecule has 33 heavy (non-hydrogen) atoms. The molecule has 4 N–H and O–H groups in total. The van der Waals surface area contributed by atoms with Gasteiger partial charge in [-0.1, -0.05) is 27.2 Å². The number of carbonyl (C=O) groups excluding carboxylic acids is 1. The van der Waals surface area contributed by atoms with Crippen LogP contribution < -0.4 is 15.2 Å². The van der Waals surface area contributed by atoms with Crippen LogP contribution in [0.5, 0.6) is 5.75 Å². The zero-order valence-electron chi connectivity index (χ0n) is 21.3.